The van der Waals surface area contributed by atoms with Crippen molar-refractivity contribution in [1.82, 2.24) is 0 Å². The Morgan fingerprint density at radius 1 is 0.358 bits per heavy atom. The predicted molar refractivity (Wildman–Crippen MR) is 292 cm³/mol. The van der Waals surface area contributed by atoms with Gasteiger partial charge in [-0.15, -0.1) is 0 Å². The summed E-state index contributed by atoms with van der Waals surface area (Å²) < 4.78 is 19.7. The standard InChI is InChI=1S/C60H107N3O4/c1-4-7-10-13-16-19-22-25-28-31-34-37-40-43-46-66-58-49-53(60(64)63-56-51-54(61)50-55(62)52-56)48-57(65-45-42-39-36-33-30-27-24-21-18-15-12-9-6-3)59(58)67-47-44-41-38-35-32-29-26-23-20-17-14-11-8-5-2/h48-52H,4-47,61-62H2,1-3H3,(H,63,64). The first kappa shape index (κ1) is 60.0. The fraction of sp³-hybridized carbons (Fsp3) is 0.783. The van der Waals surface area contributed by atoms with Gasteiger partial charge in [-0.05, 0) is 49.6 Å². The number of nitrogens with one attached hydrogen (secondary N) is 1. The molecule has 2 aromatic rings. The maximum absolute atomic E-state index is 13.8. The molecule has 0 spiro atoms. The molecule has 67 heavy (non-hydrogen) atoms. The van der Waals surface area contributed by atoms with Crippen LogP contribution in [0.4, 0.5) is 17.1 Å². The number of hydrogen-bond acceptors (Lipinski definition) is 6. The third-order valence-electron chi connectivity index (χ3n) is 13.5. The number of hydrogen-bond donors (Lipinski definition) is 3. The number of benzene rings is 2. The van der Waals surface area contributed by atoms with Gasteiger partial charge in [0.05, 0.1) is 19.8 Å². The number of carbonyl (C=O) groups excluding carboxylic acids is 1. The normalized spacial score (nSPS) is 11.3. The van der Waals surface area contributed by atoms with Gasteiger partial charge in [0, 0.05) is 22.6 Å². The molecule has 2 aromatic carbocycles. The van der Waals surface area contributed by atoms with Crippen molar-refractivity contribution in [2.75, 3.05) is 36.6 Å². The van der Waals surface area contributed by atoms with Crippen LogP contribution in [0, 0.1) is 0 Å². The number of nitrogen functional groups attached to an aromatic ring is 2. The van der Waals surface area contributed by atoms with Crippen LogP contribution in [0.25, 0.3) is 0 Å². The molecule has 0 atom stereocenters. The SMILES string of the molecule is CCCCCCCCCCCCCCCCOc1cc(C(=O)Nc2cc(N)cc(N)c2)cc(OCCCCCCCCCCCCCCC)c1OCCCCCCCCCCCCCCCC. The minimum atomic E-state index is -0.268. The first-order valence-corrected chi connectivity index (χ1v) is 29.0. The molecule has 0 bridgehead atoms. The van der Waals surface area contributed by atoms with E-state index in [1.807, 2.05) is 12.1 Å². The molecule has 5 N–H and O–H groups in total. The van der Waals surface area contributed by atoms with Crippen LogP contribution in [0.3, 0.4) is 0 Å². The summed E-state index contributed by atoms with van der Waals surface area (Å²) in [6, 6.07) is 8.79. The van der Waals surface area contributed by atoms with Crippen molar-refractivity contribution >= 4 is 23.0 Å². The van der Waals surface area contributed by atoms with Crippen LogP contribution >= 0.6 is 0 Å². The summed E-state index contributed by atoms with van der Waals surface area (Å²) in [5, 5.41) is 3.00. The van der Waals surface area contributed by atoms with Gasteiger partial charge >= 0.3 is 0 Å². The zero-order valence-electron chi connectivity index (χ0n) is 44.3. The summed E-state index contributed by atoms with van der Waals surface area (Å²) in [5.41, 5.74) is 14.2. The summed E-state index contributed by atoms with van der Waals surface area (Å²) in [6.07, 6.45) is 53.8. The molecule has 0 fully saturated rings. The second kappa shape index (κ2) is 44.1. The molecule has 2 rings (SSSR count). The third kappa shape index (κ3) is 34.0. The number of unbranched alkanes of at least 4 members (excludes halogenated alkanes) is 38. The molecule has 0 radical (unpaired) electrons. The van der Waals surface area contributed by atoms with Gasteiger partial charge in [-0.1, -0.05) is 265 Å². The van der Waals surface area contributed by atoms with Gasteiger partial charge in [-0.25, -0.2) is 0 Å². The largest absolute Gasteiger partial charge is 0.490 e. The van der Waals surface area contributed by atoms with Crippen LogP contribution in [-0.4, -0.2) is 25.7 Å². The average Bonchev–Trinajstić information content (AvgIpc) is 3.31. The van der Waals surface area contributed by atoms with E-state index in [0.717, 1.165) is 38.5 Å². The fourth-order valence-electron chi connectivity index (χ4n) is 9.27. The fourth-order valence-corrected chi connectivity index (χ4v) is 9.27. The Bertz CT molecular complexity index is 1410. The average molecular weight is 935 g/mol. The lowest BCUT2D eigenvalue weighted by atomic mass is 10.0. The molecular formula is C60H107N3O4. The van der Waals surface area contributed by atoms with Crippen molar-refractivity contribution in [2.45, 2.75) is 284 Å². The first-order valence-electron chi connectivity index (χ1n) is 29.0. The summed E-state index contributed by atoms with van der Waals surface area (Å²) in [6.45, 7) is 8.60. The van der Waals surface area contributed by atoms with E-state index in [1.165, 1.54) is 225 Å². The second-order valence-electron chi connectivity index (χ2n) is 20.1. The van der Waals surface area contributed by atoms with Gasteiger partial charge in [-0.3, -0.25) is 4.79 Å². The van der Waals surface area contributed by atoms with E-state index in [0.29, 0.717) is 59.7 Å². The lowest BCUT2D eigenvalue weighted by Crippen LogP contribution is -2.14. The Hall–Kier alpha value is -3.09. The van der Waals surface area contributed by atoms with Crippen LogP contribution in [-0.2, 0) is 0 Å². The summed E-state index contributed by atoms with van der Waals surface area (Å²) in [7, 11) is 0. The maximum Gasteiger partial charge on any atom is 0.255 e. The smallest absolute Gasteiger partial charge is 0.255 e. The molecule has 0 heterocycles. The minimum absolute atomic E-state index is 0.268. The second-order valence-corrected chi connectivity index (χ2v) is 20.1. The predicted octanol–water partition coefficient (Wildman–Crippen LogP) is 19.3. The summed E-state index contributed by atoms with van der Waals surface area (Å²) in [4.78, 5) is 13.8. The maximum atomic E-state index is 13.8. The van der Waals surface area contributed by atoms with Gasteiger partial charge in [-0.2, -0.15) is 0 Å². The Kier molecular flexibility index (Phi) is 39.5. The van der Waals surface area contributed by atoms with Crippen molar-refractivity contribution < 1.29 is 19.0 Å². The molecule has 0 aliphatic carbocycles. The van der Waals surface area contributed by atoms with Gasteiger partial charge in [0.1, 0.15) is 0 Å². The molecule has 1 amide bonds. The first-order chi connectivity index (χ1) is 33.0. The lowest BCUT2D eigenvalue weighted by Gasteiger charge is -2.19. The van der Waals surface area contributed by atoms with Crippen molar-refractivity contribution in [1.29, 1.82) is 0 Å². The monoisotopic (exact) mass is 934 g/mol. The molecule has 0 aromatic heterocycles. The highest BCUT2D eigenvalue weighted by Crippen LogP contribution is 2.40. The van der Waals surface area contributed by atoms with Crippen molar-refractivity contribution in [3.05, 3.63) is 35.9 Å². The van der Waals surface area contributed by atoms with E-state index < -0.39 is 0 Å². The van der Waals surface area contributed by atoms with Crippen LogP contribution < -0.4 is 31.0 Å². The molecule has 0 aliphatic rings. The highest BCUT2D eigenvalue weighted by molar-refractivity contribution is 6.05. The van der Waals surface area contributed by atoms with Crippen LogP contribution in [0.5, 0.6) is 17.2 Å². The van der Waals surface area contributed by atoms with Crippen LogP contribution in [0.1, 0.15) is 294 Å². The van der Waals surface area contributed by atoms with Crippen molar-refractivity contribution in [3.8, 4) is 17.2 Å². The van der Waals surface area contributed by atoms with E-state index in [4.69, 9.17) is 25.7 Å². The lowest BCUT2D eigenvalue weighted by molar-refractivity contribution is 0.102. The molecule has 0 aliphatic heterocycles. The Morgan fingerprint density at radius 3 is 0.896 bits per heavy atom. The van der Waals surface area contributed by atoms with E-state index in [9.17, 15) is 4.79 Å². The molecule has 0 saturated carbocycles. The third-order valence-corrected chi connectivity index (χ3v) is 13.5. The molecule has 0 unspecified atom stereocenters. The van der Waals surface area contributed by atoms with Crippen LogP contribution in [0.15, 0.2) is 30.3 Å². The molecule has 7 nitrogen and oxygen atoms in total. The number of amides is 1. The number of nitrogens with two attached hydrogens (primary N) is 2. The Morgan fingerprint density at radius 2 is 0.612 bits per heavy atom. The number of anilines is 3. The van der Waals surface area contributed by atoms with Crippen molar-refractivity contribution in [3.63, 3.8) is 0 Å². The van der Waals surface area contributed by atoms with Gasteiger partial charge in [0.2, 0.25) is 5.75 Å². The van der Waals surface area contributed by atoms with E-state index >= 15 is 0 Å². The van der Waals surface area contributed by atoms with Crippen molar-refractivity contribution in [2.24, 2.45) is 0 Å². The summed E-state index contributed by atoms with van der Waals surface area (Å²) in [5.74, 6) is 1.52. The molecule has 0 saturated heterocycles. The van der Waals surface area contributed by atoms with Gasteiger partial charge in [0.15, 0.2) is 11.5 Å². The van der Waals surface area contributed by atoms with Gasteiger partial charge < -0.3 is 31.0 Å². The van der Waals surface area contributed by atoms with E-state index in [2.05, 4.69) is 26.1 Å². The Balaban J connectivity index is 1.98. The quantitative estimate of drug-likeness (QED) is 0.0450. The van der Waals surface area contributed by atoms with Crippen LogP contribution in [0.2, 0.25) is 0 Å². The molecule has 386 valence electrons. The number of carbonyl (C=O) groups is 1. The number of ether oxygens (including phenoxy) is 3. The molecule has 7 heteroatoms. The summed E-state index contributed by atoms with van der Waals surface area (Å²) >= 11 is 0. The van der Waals surface area contributed by atoms with E-state index in [1.54, 1.807) is 18.2 Å². The zero-order chi connectivity index (χ0) is 48.1. The number of rotatable bonds is 49. The van der Waals surface area contributed by atoms with Gasteiger partial charge in [0.25, 0.3) is 5.91 Å². The van der Waals surface area contributed by atoms with E-state index in [-0.39, 0.29) is 5.91 Å². The Labute approximate surface area is 414 Å². The highest BCUT2D eigenvalue weighted by Gasteiger charge is 2.20. The zero-order valence-corrected chi connectivity index (χ0v) is 44.3. The molecular weight excluding hydrogens is 827 g/mol. The topological polar surface area (TPSA) is 109 Å². The minimum Gasteiger partial charge on any atom is -0.490 e. The highest BCUT2D eigenvalue weighted by atomic mass is 16.5.